The van der Waals surface area contributed by atoms with Gasteiger partial charge in [0.25, 0.3) is 0 Å². The Hall–Kier alpha value is -9.47. The Kier molecular flexibility index (Phi) is 3.42. The second-order valence-corrected chi connectivity index (χ2v) is 28.5. The molecule has 29 aromatic rings. The number of carbonyl (C=O) groups excluding carboxylic acids is 3. The molecular formula is C74H16O7S. The summed E-state index contributed by atoms with van der Waals surface area (Å²) in [6, 6.07) is 3.59. The van der Waals surface area contributed by atoms with Crippen LogP contribution in [0.25, 0.3) is 291 Å². The summed E-state index contributed by atoms with van der Waals surface area (Å²) >= 11 is 1.35. The topological polar surface area (TPSA) is 88.1 Å². The van der Waals surface area contributed by atoms with E-state index in [1.165, 1.54) is 314 Å². The molecule has 1 aromatic heterocycles. The average Bonchev–Trinajstić information content (AvgIpc) is 1.36. The number of ether oxygens (including phenoxy) is 4. The lowest BCUT2D eigenvalue weighted by molar-refractivity contribution is -0.167. The quantitative estimate of drug-likeness (QED) is 0.0443. The first-order chi connectivity index (χ1) is 40.6. The van der Waals surface area contributed by atoms with Gasteiger partial charge in [0, 0.05) is 0 Å². The highest BCUT2D eigenvalue weighted by Crippen LogP contribution is 2.96. The van der Waals surface area contributed by atoms with E-state index >= 15 is 9.59 Å². The van der Waals surface area contributed by atoms with Crippen LogP contribution in [-0.4, -0.2) is 50.9 Å². The molecular weight excluding hydrogens is 1030 g/mol. The van der Waals surface area contributed by atoms with Gasteiger partial charge in [0.05, 0.1) is 30.7 Å². The molecule has 0 amide bonds. The Labute approximate surface area is 451 Å². The first kappa shape index (κ1) is 34.0. The Morgan fingerprint density at radius 3 is 0.780 bits per heavy atom. The summed E-state index contributed by atoms with van der Waals surface area (Å²) < 4.78 is 25.3. The van der Waals surface area contributed by atoms with Gasteiger partial charge in [-0.2, -0.15) is 0 Å². The van der Waals surface area contributed by atoms with Crippen molar-refractivity contribution in [2.45, 2.75) is 17.8 Å². The van der Waals surface area contributed by atoms with E-state index in [2.05, 4.69) is 0 Å². The van der Waals surface area contributed by atoms with Crippen LogP contribution in [0.1, 0.15) is 38.8 Å². The smallest absolute Gasteiger partial charge is 0.348 e. The van der Waals surface area contributed by atoms with Crippen LogP contribution in [0.5, 0.6) is 0 Å². The van der Waals surface area contributed by atoms with Gasteiger partial charge >= 0.3 is 17.9 Å². The van der Waals surface area contributed by atoms with Gasteiger partial charge in [-0.05, 0) is 331 Å². The SMILES string of the molecule is CCOC(=O)C1(C(=O)OCCOCCOC(=O)c2cccs2)C23c4c5c6c7c8c9c(c%10c%11c2c2c4c4c%12c5c5c6c6c8c8c%13c9c9c%10c%10c%11c%11c2c2c4c4c%12c%12c5c5c6c8c6c8c%13c9c9c%10c%10c%11c2c2c4c4c%12c5c6c5c8c9c%10c2c45)C713. The molecule has 0 bridgehead atoms. The van der Waals surface area contributed by atoms with E-state index in [-0.39, 0.29) is 39.0 Å². The Balaban J connectivity index is 0.889. The minimum atomic E-state index is -1.81. The summed E-state index contributed by atoms with van der Waals surface area (Å²) in [4.78, 5) is 47.5. The predicted molar refractivity (Wildman–Crippen MR) is 329 cm³/mol. The fourth-order valence-electron chi connectivity index (χ4n) is 26.6. The molecule has 28 aromatic carbocycles. The zero-order chi connectivity index (χ0) is 50.5. The summed E-state index contributed by atoms with van der Waals surface area (Å²) in [6.45, 7) is 2.27. The van der Waals surface area contributed by atoms with Crippen molar-refractivity contribution in [3.63, 3.8) is 0 Å². The van der Waals surface area contributed by atoms with Crippen molar-refractivity contribution in [2.75, 3.05) is 33.0 Å². The van der Waals surface area contributed by atoms with Crippen LogP contribution in [0.3, 0.4) is 0 Å². The Morgan fingerprint density at radius 2 is 0.549 bits per heavy atom. The molecule has 7 nitrogen and oxygen atoms in total. The molecule has 5 aliphatic carbocycles. The van der Waals surface area contributed by atoms with Crippen LogP contribution >= 0.6 is 11.3 Å². The summed E-state index contributed by atoms with van der Waals surface area (Å²) in [6.07, 6.45) is 0. The molecule has 0 unspecified atom stereocenters. The predicted octanol–water partition coefficient (Wildman–Crippen LogP) is 17.3. The third kappa shape index (κ3) is 1.97. The van der Waals surface area contributed by atoms with E-state index in [1.807, 2.05) is 18.4 Å². The summed E-state index contributed by atoms with van der Waals surface area (Å²) in [5, 5.41) is 80.0. The molecule has 0 saturated heterocycles. The van der Waals surface area contributed by atoms with E-state index in [9.17, 15) is 4.79 Å². The maximum atomic E-state index is 17.2. The molecule has 82 heavy (non-hydrogen) atoms. The van der Waals surface area contributed by atoms with Crippen LogP contribution in [0.15, 0.2) is 17.5 Å². The number of hydrogen-bond acceptors (Lipinski definition) is 8. The van der Waals surface area contributed by atoms with E-state index in [0.717, 1.165) is 0 Å². The van der Waals surface area contributed by atoms with Gasteiger partial charge in [0.1, 0.15) is 18.1 Å². The highest BCUT2D eigenvalue weighted by Gasteiger charge is 3.01. The van der Waals surface area contributed by atoms with Gasteiger partial charge in [0.2, 0.25) is 0 Å². The fraction of sp³-hybridized carbons (Fsp3) is 0.122. The van der Waals surface area contributed by atoms with Gasteiger partial charge < -0.3 is 18.9 Å². The van der Waals surface area contributed by atoms with Crippen LogP contribution < -0.4 is 0 Å². The molecule has 2 spiro atoms. The third-order valence-electron chi connectivity index (χ3n) is 26.9. The molecule has 0 radical (unpaired) electrons. The standard InChI is InChI=1S/C74H16O7S/c1-2-79-70(76)74(71(77)81-8-6-78-5-7-80-69(75)10-4-3-9-82-10)72-65-57-49-39-29-21-13-11-12-15-19-17(13)25-33-27(19)37-31-23(15)24-16(12)20-18-14(11)22(21)30-36-26(18)34-28(20)38-32(24)42-41(31)51-45(37)55-47(33)53(43(49)35(25)29)61(65)63(55)67-59(51)60-52(42)46(38)56-48(34)54-44(36)50(40(30)39)58(57)66(72)62(54)64(56)68(60)73(67,72)74/h3-4,9H,2,5-8H2,1H3. The molecule has 5 aliphatic rings. The largest absolute Gasteiger partial charge is 0.465 e. The zero-order valence-electron chi connectivity index (χ0n) is 42.0. The molecule has 1 fully saturated rings. The van der Waals surface area contributed by atoms with E-state index in [1.54, 1.807) is 16.8 Å². The highest BCUT2D eigenvalue weighted by atomic mass is 32.1. The zero-order valence-corrected chi connectivity index (χ0v) is 42.9. The molecule has 1 saturated carbocycles. The van der Waals surface area contributed by atoms with Crippen molar-refractivity contribution >= 4 is 320 Å². The van der Waals surface area contributed by atoms with Crippen LogP contribution in [0.2, 0.25) is 0 Å². The van der Waals surface area contributed by atoms with Gasteiger partial charge in [-0.1, -0.05) is 6.07 Å². The number of carbonyl (C=O) groups is 3. The number of rotatable bonds is 10. The minimum Gasteiger partial charge on any atom is -0.465 e. The first-order valence-corrected chi connectivity index (χ1v) is 30.4. The molecule has 8 heteroatoms. The molecule has 0 aliphatic heterocycles. The van der Waals surface area contributed by atoms with Crippen LogP contribution in [0.4, 0.5) is 0 Å². The Morgan fingerprint density at radius 1 is 0.317 bits per heavy atom. The van der Waals surface area contributed by atoms with Gasteiger partial charge in [-0.3, -0.25) is 9.59 Å². The molecule has 1 heterocycles. The van der Waals surface area contributed by atoms with Gasteiger partial charge in [0.15, 0.2) is 5.41 Å². The molecule has 0 N–H and O–H groups in total. The molecule has 34 rings (SSSR count). The number of benzene rings is 18. The lowest BCUT2D eigenvalue weighted by atomic mass is 9.68. The van der Waals surface area contributed by atoms with Gasteiger partial charge in [-0.25, -0.2) is 4.79 Å². The second kappa shape index (κ2) is 8.26. The first-order valence-electron chi connectivity index (χ1n) is 29.5. The van der Waals surface area contributed by atoms with Gasteiger partial charge in [-0.15, -0.1) is 11.3 Å². The van der Waals surface area contributed by atoms with Crippen molar-refractivity contribution < 1.29 is 33.3 Å². The van der Waals surface area contributed by atoms with E-state index < -0.39 is 28.2 Å². The maximum absolute atomic E-state index is 17.2. The number of esters is 3. The number of hydrogen-bond donors (Lipinski definition) is 0. The van der Waals surface area contributed by atoms with Crippen molar-refractivity contribution in [1.29, 1.82) is 0 Å². The lowest BCUT2D eigenvalue weighted by Gasteiger charge is -2.32. The maximum Gasteiger partial charge on any atom is 0.348 e. The molecule has 0 atom stereocenters. The van der Waals surface area contributed by atoms with Crippen LogP contribution in [0, 0.1) is 5.41 Å². The normalized spacial score (nSPS) is 22.3. The second-order valence-electron chi connectivity index (χ2n) is 27.6. The fourth-order valence-corrected chi connectivity index (χ4v) is 27.2. The minimum absolute atomic E-state index is 0.0655. The van der Waals surface area contributed by atoms with Crippen molar-refractivity contribution in [3.8, 4) is 0 Å². The van der Waals surface area contributed by atoms with Crippen molar-refractivity contribution in [3.05, 3.63) is 44.6 Å². The van der Waals surface area contributed by atoms with E-state index in [0.29, 0.717) is 4.88 Å². The van der Waals surface area contributed by atoms with Crippen LogP contribution in [-0.2, 0) is 39.4 Å². The third-order valence-corrected chi connectivity index (χ3v) is 27.8. The molecule has 360 valence electrons. The van der Waals surface area contributed by atoms with Crippen molar-refractivity contribution in [1.82, 2.24) is 0 Å². The summed E-state index contributed by atoms with van der Waals surface area (Å²) in [5.74, 6) is -1.35. The number of thiophene rings is 1. The summed E-state index contributed by atoms with van der Waals surface area (Å²) in [5.41, 5.74) is 0.744. The monoisotopic (exact) mass is 1050 g/mol. The average molecular weight is 1050 g/mol. The van der Waals surface area contributed by atoms with Crippen molar-refractivity contribution in [2.24, 2.45) is 5.41 Å². The summed E-state index contributed by atoms with van der Waals surface area (Å²) in [7, 11) is 0. The lowest BCUT2D eigenvalue weighted by Crippen LogP contribution is -2.39. The van der Waals surface area contributed by atoms with E-state index in [4.69, 9.17) is 18.9 Å². The highest BCUT2D eigenvalue weighted by molar-refractivity contribution is 7.12. The Bertz CT molecular complexity index is 7290.